The van der Waals surface area contributed by atoms with Gasteiger partial charge in [-0.1, -0.05) is 18.2 Å². The highest BCUT2D eigenvalue weighted by Gasteiger charge is 2.26. The third-order valence-electron chi connectivity index (χ3n) is 4.16. The molecule has 0 spiro atoms. The third kappa shape index (κ3) is 5.93. The molecule has 7 nitrogen and oxygen atoms in total. The largest absolute Gasteiger partial charge is 0.368 e. The lowest BCUT2D eigenvalue weighted by atomic mass is 10.0. The molecule has 0 aliphatic carbocycles. The van der Waals surface area contributed by atoms with Gasteiger partial charge in [-0.05, 0) is 30.1 Å². The van der Waals surface area contributed by atoms with Crippen LogP contribution in [0.1, 0.15) is 12.0 Å². The zero-order valence-corrected chi connectivity index (χ0v) is 16.7. The number of amides is 3. The number of aromatic nitrogens is 1. The van der Waals surface area contributed by atoms with E-state index in [0.717, 1.165) is 16.5 Å². The van der Waals surface area contributed by atoms with Crippen molar-refractivity contribution < 1.29 is 14.4 Å². The van der Waals surface area contributed by atoms with Crippen LogP contribution in [0.25, 0.3) is 10.9 Å². The highest BCUT2D eigenvalue weighted by atomic mass is 32.2. The molecule has 0 saturated heterocycles. The number of benzene rings is 1. The highest BCUT2D eigenvalue weighted by molar-refractivity contribution is 7.98. The zero-order chi connectivity index (χ0) is 19.8. The van der Waals surface area contributed by atoms with Gasteiger partial charge in [-0.25, -0.2) is 0 Å². The van der Waals surface area contributed by atoms with Gasteiger partial charge in [0.1, 0.15) is 12.1 Å². The molecule has 5 N–H and O–H groups in total. The lowest BCUT2D eigenvalue weighted by Crippen LogP contribution is -2.54. The molecule has 1 aromatic heterocycles. The number of hydrogen-bond donors (Lipinski definition) is 5. The van der Waals surface area contributed by atoms with Gasteiger partial charge in [0.25, 0.3) is 0 Å². The fraction of sp³-hybridized carbons (Fsp3) is 0.389. The lowest BCUT2D eigenvalue weighted by Gasteiger charge is -2.21. The number of carbonyl (C=O) groups is 3. The van der Waals surface area contributed by atoms with Crippen LogP contribution in [0.4, 0.5) is 0 Å². The molecule has 0 aliphatic heterocycles. The number of primary amides is 1. The van der Waals surface area contributed by atoms with Crippen molar-refractivity contribution in [1.82, 2.24) is 15.6 Å². The number of para-hydroxylation sites is 1. The summed E-state index contributed by atoms with van der Waals surface area (Å²) in [6.07, 6.45) is 4.44. The van der Waals surface area contributed by atoms with E-state index in [2.05, 4.69) is 28.2 Å². The Balaban J connectivity index is 2.11. The fourth-order valence-corrected chi connectivity index (χ4v) is 3.32. The summed E-state index contributed by atoms with van der Waals surface area (Å²) < 4.78 is 0. The molecule has 0 radical (unpaired) electrons. The minimum absolute atomic E-state index is 0.0162. The number of nitrogens with two attached hydrogens (primary N) is 1. The quantitative estimate of drug-likeness (QED) is 0.375. The number of fused-ring (bicyclic) bond motifs is 1. The Morgan fingerprint density at radius 3 is 2.63 bits per heavy atom. The molecule has 0 saturated carbocycles. The van der Waals surface area contributed by atoms with E-state index in [1.807, 2.05) is 30.5 Å². The molecule has 0 fully saturated rings. The van der Waals surface area contributed by atoms with Gasteiger partial charge < -0.3 is 21.4 Å². The number of thioether (sulfide) groups is 1. The van der Waals surface area contributed by atoms with Gasteiger partial charge >= 0.3 is 0 Å². The van der Waals surface area contributed by atoms with Crippen molar-refractivity contribution >= 4 is 53.0 Å². The minimum atomic E-state index is -0.874. The number of thiol groups is 1. The third-order valence-corrected chi connectivity index (χ3v) is 5.10. The van der Waals surface area contributed by atoms with Crippen molar-refractivity contribution in [2.75, 3.05) is 17.8 Å². The SMILES string of the molecule is CSCC[C@H](NC(=O)CS)C(=O)N[C@@H](Cc1c[nH]c2ccccc12)C(N)=O. The number of nitrogens with one attached hydrogen (secondary N) is 3. The predicted octanol–water partition coefficient (Wildman–Crippen LogP) is 0.848. The van der Waals surface area contributed by atoms with E-state index < -0.39 is 23.9 Å². The topological polar surface area (TPSA) is 117 Å². The number of H-pyrrole nitrogens is 1. The molecule has 3 amide bonds. The fourth-order valence-electron chi connectivity index (χ4n) is 2.76. The second-order valence-corrected chi connectivity index (χ2v) is 7.39. The van der Waals surface area contributed by atoms with E-state index in [9.17, 15) is 14.4 Å². The van der Waals surface area contributed by atoms with Gasteiger partial charge in [0.15, 0.2) is 0 Å². The molecule has 2 atom stereocenters. The Bertz CT molecular complexity index is 809. The van der Waals surface area contributed by atoms with Gasteiger partial charge in [-0.15, -0.1) is 0 Å². The Kier molecular flexibility index (Phi) is 8.05. The van der Waals surface area contributed by atoms with Crippen LogP contribution in [0.5, 0.6) is 0 Å². The van der Waals surface area contributed by atoms with Gasteiger partial charge in [0.2, 0.25) is 17.7 Å². The first-order chi connectivity index (χ1) is 13.0. The van der Waals surface area contributed by atoms with Gasteiger partial charge in [0.05, 0.1) is 5.75 Å². The highest BCUT2D eigenvalue weighted by Crippen LogP contribution is 2.19. The van der Waals surface area contributed by atoms with Crippen molar-refractivity contribution in [3.8, 4) is 0 Å². The van der Waals surface area contributed by atoms with E-state index in [1.54, 1.807) is 18.0 Å². The first kappa shape index (κ1) is 21.2. The Labute approximate surface area is 167 Å². The molecule has 1 heterocycles. The molecular weight excluding hydrogens is 384 g/mol. The molecule has 0 unspecified atom stereocenters. The van der Waals surface area contributed by atoms with Crippen molar-refractivity contribution in [3.63, 3.8) is 0 Å². The van der Waals surface area contributed by atoms with Crippen molar-refractivity contribution in [2.24, 2.45) is 5.73 Å². The molecule has 0 aliphatic rings. The second kappa shape index (κ2) is 10.3. The molecule has 0 bridgehead atoms. The maximum atomic E-state index is 12.6. The standard InChI is InChI=1S/C18H24N4O3S2/c1-27-7-6-14(21-16(23)10-26)18(25)22-15(17(19)24)8-11-9-20-13-5-3-2-4-12(11)13/h2-5,9,14-15,20,26H,6-8,10H2,1H3,(H2,19,24)(H,21,23)(H,22,25)/t14-,15-/m0/s1. The number of carbonyl (C=O) groups excluding carboxylic acids is 3. The number of hydrogen-bond acceptors (Lipinski definition) is 5. The first-order valence-electron chi connectivity index (χ1n) is 8.50. The number of aromatic amines is 1. The summed E-state index contributed by atoms with van der Waals surface area (Å²) in [6.45, 7) is 0. The molecule has 2 rings (SSSR count). The average molecular weight is 409 g/mol. The molecule has 2 aromatic rings. The van der Waals surface area contributed by atoms with Crippen LogP contribution in [0.2, 0.25) is 0 Å². The van der Waals surface area contributed by atoms with Gasteiger partial charge in [-0.3, -0.25) is 14.4 Å². The maximum Gasteiger partial charge on any atom is 0.243 e. The summed E-state index contributed by atoms with van der Waals surface area (Å²) in [5.74, 6) is -0.723. The van der Waals surface area contributed by atoms with Crippen LogP contribution < -0.4 is 16.4 Å². The van der Waals surface area contributed by atoms with E-state index in [-0.39, 0.29) is 18.1 Å². The first-order valence-corrected chi connectivity index (χ1v) is 10.5. The molecule has 146 valence electrons. The lowest BCUT2D eigenvalue weighted by molar-refractivity contribution is -0.130. The Morgan fingerprint density at radius 2 is 1.96 bits per heavy atom. The summed E-state index contributed by atoms with van der Waals surface area (Å²) in [4.78, 5) is 39.3. The normalized spacial score (nSPS) is 13.1. The van der Waals surface area contributed by atoms with Crippen LogP contribution in [-0.4, -0.2) is 52.6 Å². The Morgan fingerprint density at radius 1 is 1.22 bits per heavy atom. The molecule has 27 heavy (non-hydrogen) atoms. The van der Waals surface area contributed by atoms with Crippen molar-refractivity contribution in [1.29, 1.82) is 0 Å². The predicted molar refractivity (Wildman–Crippen MR) is 112 cm³/mol. The summed E-state index contributed by atoms with van der Waals surface area (Å²) in [5.41, 5.74) is 7.34. The average Bonchev–Trinajstić information content (AvgIpc) is 3.07. The Hall–Kier alpha value is -2.13. The monoisotopic (exact) mass is 408 g/mol. The zero-order valence-electron chi connectivity index (χ0n) is 15.0. The molecule has 1 aromatic carbocycles. The summed E-state index contributed by atoms with van der Waals surface area (Å²) in [7, 11) is 0. The summed E-state index contributed by atoms with van der Waals surface area (Å²) >= 11 is 5.49. The summed E-state index contributed by atoms with van der Waals surface area (Å²) in [5, 5.41) is 6.29. The van der Waals surface area contributed by atoms with Crippen LogP contribution in [0.15, 0.2) is 30.5 Å². The van der Waals surface area contributed by atoms with Crippen molar-refractivity contribution in [3.05, 3.63) is 36.0 Å². The van der Waals surface area contributed by atoms with E-state index >= 15 is 0 Å². The maximum absolute atomic E-state index is 12.6. The number of rotatable bonds is 10. The van der Waals surface area contributed by atoms with Gasteiger partial charge in [-0.2, -0.15) is 24.4 Å². The van der Waals surface area contributed by atoms with Gasteiger partial charge in [0, 0.05) is 23.5 Å². The van der Waals surface area contributed by atoms with Crippen LogP contribution in [-0.2, 0) is 20.8 Å². The van der Waals surface area contributed by atoms with E-state index in [4.69, 9.17) is 5.73 Å². The smallest absolute Gasteiger partial charge is 0.243 e. The van der Waals surface area contributed by atoms with E-state index in [0.29, 0.717) is 12.2 Å². The van der Waals surface area contributed by atoms with Crippen LogP contribution in [0.3, 0.4) is 0 Å². The summed E-state index contributed by atoms with van der Waals surface area (Å²) in [6, 6.07) is 6.08. The van der Waals surface area contributed by atoms with Crippen molar-refractivity contribution in [2.45, 2.75) is 24.9 Å². The molecule has 9 heteroatoms. The van der Waals surface area contributed by atoms with E-state index in [1.165, 1.54) is 0 Å². The second-order valence-electron chi connectivity index (χ2n) is 6.09. The van der Waals surface area contributed by atoms with Crippen LogP contribution >= 0.6 is 24.4 Å². The molecular formula is C18H24N4O3S2. The van der Waals surface area contributed by atoms with Crippen LogP contribution in [0, 0.1) is 0 Å². The minimum Gasteiger partial charge on any atom is -0.368 e.